The van der Waals surface area contributed by atoms with Crippen molar-refractivity contribution in [2.75, 3.05) is 5.32 Å². The van der Waals surface area contributed by atoms with E-state index < -0.39 is 0 Å². The van der Waals surface area contributed by atoms with Gasteiger partial charge in [0, 0.05) is 34.8 Å². The molecule has 0 aliphatic rings. The van der Waals surface area contributed by atoms with E-state index in [1.54, 1.807) is 11.3 Å². The number of carbonyl (C=O) groups excluding carboxylic acids is 1. The first-order chi connectivity index (χ1) is 14.7. The Labute approximate surface area is 178 Å². The zero-order valence-electron chi connectivity index (χ0n) is 16.6. The SMILES string of the molecule is Cc1ccc2nc(-c3ccc(NC(=O)CCc4c[nH]c5ccccc45)cc3)sc2c1. The molecule has 2 N–H and O–H groups in total. The summed E-state index contributed by atoms with van der Waals surface area (Å²) in [5.74, 6) is 0.0171. The van der Waals surface area contributed by atoms with Crippen LogP contribution in [0.5, 0.6) is 0 Å². The number of H-pyrrole nitrogens is 1. The van der Waals surface area contributed by atoms with E-state index in [4.69, 9.17) is 4.98 Å². The minimum atomic E-state index is 0.0171. The van der Waals surface area contributed by atoms with Gasteiger partial charge in [0.05, 0.1) is 10.2 Å². The number of benzene rings is 3. The third-order valence-corrected chi connectivity index (χ3v) is 6.32. The van der Waals surface area contributed by atoms with E-state index in [-0.39, 0.29) is 5.91 Å². The second-order valence-corrected chi connectivity index (χ2v) is 8.51. The maximum atomic E-state index is 12.4. The van der Waals surface area contributed by atoms with Crippen molar-refractivity contribution >= 4 is 44.1 Å². The van der Waals surface area contributed by atoms with Crippen molar-refractivity contribution in [1.29, 1.82) is 0 Å². The van der Waals surface area contributed by atoms with Gasteiger partial charge in [-0.05, 0) is 66.9 Å². The number of hydrogen-bond acceptors (Lipinski definition) is 3. The van der Waals surface area contributed by atoms with Gasteiger partial charge in [-0.25, -0.2) is 4.98 Å². The molecule has 4 nitrogen and oxygen atoms in total. The number of aromatic amines is 1. The molecule has 0 unspecified atom stereocenters. The summed E-state index contributed by atoms with van der Waals surface area (Å²) in [5, 5.41) is 5.17. The summed E-state index contributed by atoms with van der Waals surface area (Å²) in [6.45, 7) is 2.09. The van der Waals surface area contributed by atoms with Crippen LogP contribution in [0, 0.1) is 6.92 Å². The number of rotatable bonds is 5. The Balaban J connectivity index is 1.24. The molecule has 1 amide bonds. The van der Waals surface area contributed by atoms with E-state index in [9.17, 15) is 4.79 Å². The molecule has 0 fully saturated rings. The monoisotopic (exact) mass is 411 g/mol. The second kappa shape index (κ2) is 7.76. The van der Waals surface area contributed by atoms with Crippen LogP contribution < -0.4 is 5.32 Å². The molecule has 30 heavy (non-hydrogen) atoms. The number of nitrogens with one attached hydrogen (secondary N) is 2. The molecule has 0 saturated heterocycles. The van der Waals surface area contributed by atoms with Gasteiger partial charge < -0.3 is 10.3 Å². The number of aromatic nitrogens is 2. The standard InChI is InChI=1S/C25H21N3OS/c1-16-6-12-22-23(14-16)30-25(28-22)17-7-10-19(11-8-17)27-24(29)13-9-18-15-26-21-5-3-2-4-20(18)21/h2-8,10-12,14-15,26H,9,13H2,1H3,(H,27,29). The van der Waals surface area contributed by atoms with E-state index in [0.717, 1.165) is 27.3 Å². The average Bonchev–Trinajstić information content (AvgIpc) is 3.36. The van der Waals surface area contributed by atoms with Crippen molar-refractivity contribution in [2.45, 2.75) is 19.8 Å². The molecule has 5 rings (SSSR count). The zero-order chi connectivity index (χ0) is 20.5. The van der Waals surface area contributed by atoms with E-state index in [1.807, 2.05) is 48.7 Å². The van der Waals surface area contributed by atoms with Gasteiger partial charge in [0.1, 0.15) is 5.01 Å². The minimum Gasteiger partial charge on any atom is -0.361 e. The summed E-state index contributed by atoms with van der Waals surface area (Å²) in [7, 11) is 0. The van der Waals surface area contributed by atoms with Crippen LogP contribution in [-0.2, 0) is 11.2 Å². The smallest absolute Gasteiger partial charge is 0.224 e. The molecule has 0 aliphatic heterocycles. The summed E-state index contributed by atoms with van der Waals surface area (Å²) in [5.41, 5.74) is 6.40. The van der Waals surface area contributed by atoms with Crippen LogP contribution in [0.4, 0.5) is 5.69 Å². The summed E-state index contributed by atoms with van der Waals surface area (Å²) >= 11 is 1.69. The normalized spacial score (nSPS) is 11.2. The number of aryl methyl sites for hydroxylation is 2. The van der Waals surface area contributed by atoms with Crippen LogP contribution in [-0.4, -0.2) is 15.9 Å². The van der Waals surface area contributed by atoms with Crippen molar-refractivity contribution in [1.82, 2.24) is 9.97 Å². The van der Waals surface area contributed by atoms with E-state index in [1.165, 1.54) is 21.2 Å². The number of para-hydroxylation sites is 1. The third-order valence-electron chi connectivity index (χ3n) is 5.26. The number of amides is 1. The number of hydrogen-bond donors (Lipinski definition) is 2. The fraction of sp³-hybridized carbons (Fsp3) is 0.120. The highest BCUT2D eigenvalue weighted by atomic mass is 32.1. The van der Waals surface area contributed by atoms with Crippen LogP contribution in [0.15, 0.2) is 72.9 Å². The lowest BCUT2D eigenvalue weighted by molar-refractivity contribution is -0.116. The van der Waals surface area contributed by atoms with Crippen molar-refractivity contribution in [3.05, 3.63) is 84.1 Å². The molecular weight excluding hydrogens is 390 g/mol. The fourth-order valence-corrected chi connectivity index (χ4v) is 4.73. The van der Waals surface area contributed by atoms with Crippen molar-refractivity contribution < 1.29 is 4.79 Å². The van der Waals surface area contributed by atoms with Crippen molar-refractivity contribution in [2.24, 2.45) is 0 Å². The molecular formula is C25H21N3OS. The summed E-state index contributed by atoms with van der Waals surface area (Å²) in [6, 6.07) is 22.4. The largest absolute Gasteiger partial charge is 0.361 e. The quantitative estimate of drug-likeness (QED) is 0.355. The van der Waals surface area contributed by atoms with Gasteiger partial charge in [-0.15, -0.1) is 11.3 Å². The van der Waals surface area contributed by atoms with Gasteiger partial charge in [-0.2, -0.15) is 0 Å². The lowest BCUT2D eigenvalue weighted by Crippen LogP contribution is -2.12. The molecule has 5 aromatic rings. The number of carbonyl (C=O) groups is 1. The summed E-state index contributed by atoms with van der Waals surface area (Å²) in [6.07, 6.45) is 3.14. The van der Waals surface area contributed by atoms with Gasteiger partial charge in [-0.1, -0.05) is 24.3 Å². The van der Waals surface area contributed by atoms with Crippen molar-refractivity contribution in [3.63, 3.8) is 0 Å². The van der Waals surface area contributed by atoms with E-state index in [2.05, 4.69) is 41.5 Å². The number of thiazole rings is 1. The van der Waals surface area contributed by atoms with Gasteiger partial charge >= 0.3 is 0 Å². The highest BCUT2D eigenvalue weighted by Crippen LogP contribution is 2.31. The number of anilines is 1. The fourth-order valence-electron chi connectivity index (χ4n) is 3.66. The Bertz CT molecular complexity index is 1350. The predicted octanol–water partition coefficient (Wildman–Crippen LogP) is 6.32. The lowest BCUT2D eigenvalue weighted by Gasteiger charge is -2.06. The predicted molar refractivity (Wildman–Crippen MR) is 125 cm³/mol. The Kier molecular flexibility index (Phi) is 4.81. The van der Waals surface area contributed by atoms with Crippen LogP contribution in [0.1, 0.15) is 17.5 Å². The average molecular weight is 412 g/mol. The highest BCUT2D eigenvalue weighted by Gasteiger charge is 2.09. The van der Waals surface area contributed by atoms with E-state index in [0.29, 0.717) is 12.8 Å². The maximum Gasteiger partial charge on any atom is 0.224 e. The molecule has 2 heterocycles. The van der Waals surface area contributed by atoms with E-state index >= 15 is 0 Å². The summed E-state index contributed by atoms with van der Waals surface area (Å²) < 4.78 is 1.19. The molecule has 0 bridgehead atoms. The molecule has 0 radical (unpaired) electrons. The molecule has 5 heteroatoms. The lowest BCUT2D eigenvalue weighted by atomic mass is 10.1. The topological polar surface area (TPSA) is 57.8 Å². The molecule has 3 aromatic carbocycles. The highest BCUT2D eigenvalue weighted by molar-refractivity contribution is 7.21. The molecule has 0 spiro atoms. The summed E-state index contributed by atoms with van der Waals surface area (Å²) in [4.78, 5) is 20.4. The van der Waals surface area contributed by atoms with Gasteiger partial charge in [0.2, 0.25) is 5.91 Å². The van der Waals surface area contributed by atoms with Crippen molar-refractivity contribution in [3.8, 4) is 10.6 Å². The van der Waals surface area contributed by atoms with Crippen LogP contribution in [0.2, 0.25) is 0 Å². The first kappa shape index (κ1) is 18.6. The van der Waals surface area contributed by atoms with Gasteiger partial charge in [0.15, 0.2) is 0 Å². The van der Waals surface area contributed by atoms with Gasteiger partial charge in [-0.3, -0.25) is 4.79 Å². The molecule has 0 aliphatic carbocycles. The Morgan fingerprint density at radius 2 is 1.90 bits per heavy atom. The molecule has 148 valence electrons. The first-order valence-corrected chi connectivity index (χ1v) is 10.8. The molecule has 0 saturated carbocycles. The Morgan fingerprint density at radius 3 is 2.77 bits per heavy atom. The number of nitrogens with zero attached hydrogens (tertiary/aromatic N) is 1. The third kappa shape index (κ3) is 3.72. The number of fused-ring (bicyclic) bond motifs is 2. The second-order valence-electron chi connectivity index (χ2n) is 7.48. The Morgan fingerprint density at radius 1 is 1.07 bits per heavy atom. The first-order valence-electron chi connectivity index (χ1n) is 9.98. The molecule has 2 aromatic heterocycles. The maximum absolute atomic E-state index is 12.4. The van der Waals surface area contributed by atoms with Gasteiger partial charge in [0.25, 0.3) is 0 Å². The molecule has 0 atom stereocenters. The Hall–Kier alpha value is -3.44. The zero-order valence-corrected chi connectivity index (χ0v) is 17.4. The minimum absolute atomic E-state index is 0.0171. The van der Waals surface area contributed by atoms with Crippen LogP contribution >= 0.6 is 11.3 Å². The van der Waals surface area contributed by atoms with Crippen LogP contribution in [0.3, 0.4) is 0 Å². The van der Waals surface area contributed by atoms with Crippen LogP contribution in [0.25, 0.3) is 31.7 Å².